The lowest BCUT2D eigenvalue weighted by Gasteiger charge is -2.06. The Bertz CT molecular complexity index is 771. The van der Waals surface area contributed by atoms with E-state index >= 15 is 0 Å². The summed E-state index contributed by atoms with van der Waals surface area (Å²) < 4.78 is 0. The Morgan fingerprint density at radius 2 is 2.09 bits per heavy atom. The van der Waals surface area contributed by atoms with Gasteiger partial charge >= 0.3 is 0 Å². The van der Waals surface area contributed by atoms with E-state index in [0.29, 0.717) is 22.1 Å². The van der Waals surface area contributed by atoms with Gasteiger partial charge < -0.3 is 10.3 Å². The molecule has 0 saturated heterocycles. The summed E-state index contributed by atoms with van der Waals surface area (Å²) in [5, 5.41) is 3.11. The van der Waals surface area contributed by atoms with Gasteiger partial charge in [-0.3, -0.25) is 14.4 Å². The molecule has 2 rings (SSSR count). The van der Waals surface area contributed by atoms with Crippen LogP contribution in [-0.2, 0) is 4.79 Å². The largest absolute Gasteiger partial charge is 0.325 e. The van der Waals surface area contributed by atoms with Crippen LogP contribution in [0.15, 0.2) is 40.3 Å². The van der Waals surface area contributed by atoms with Crippen molar-refractivity contribution in [1.29, 1.82) is 0 Å². The Morgan fingerprint density at radius 1 is 1.32 bits per heavy atom. The fraction of sp³-hybridized carbons (Fsp3) is 0.200. The van der Waals surface area contributed by atoms with Gasteiger partial charge in [-0.05, 0) is 26.0 Å². The van der Waals surface area contributed by atoms with Crippen LogP contribution in [0.2, 0.25) is 0 Å². The minimum absolute atomic E-state index is 0.0630. The Hall–Kier alpha value is -2.41. The van der Waals surface area contributed by atoms with Crippen LogP contribution < -0.4 is 10.9 Å². The number of aromatic nitrogens is 2. The lowest BCUT2D eigenvalue weighted by atomic mass is 10.1. The molecule has 0 fully saturated rings. The van der Waals surface area contributed by atoms with E-state index in [4.69, 9.17) is 0 Å². The SMILES string of the molecule is CC(=O)c1cccc(NC(=O)CSc2nc(C)cc(=O)[nH]2)c1. The molecule has 0 radical (unpaired) electrons. The second kappa shape index (κ2) is 7.04. The summed E-state index contributed by atoms with van der Waals surface area (Å²) in [5.74, 6) is -0.196. The number of anilines is 1. The van der Waals surface area contributed by atoms with Crippen LogP contribution in [0.4, 0.5) is 5.69 Å². The first kappa shape index (κ1) is 16.0. The van der Waals surface area contributed by atoms with Gasteiger partial charge in [-0.15, -0.1) is 0 Å². The zero-order chi connectivity index (χ0) is 16.1. The van der Waals surface area contributed by atoms with Gasteiger partial charge in [0.2, 0.25) is 5.91 Å². The topological polar surface area (TPSA) is 91.9 Å². The van der Waals surface area contributed by atoms with E-state index < -0.39 is 0 Å². The van der Waals surface area contributed by atoms with Gasteiger partial charge in [-0.25, -0.2) is 4.98 Å². The quantitative estimate of drug-likeness (QED) is 0.500. The van der Waals surface area contributed by atoms with Crippen molar-refractivity contribution in [1.82, 2.24) is 9.97 Å². The van der Waals surface area contributed by atoms with Gasteiger partial charge in [0.05, 0.1) is 5.75 Å². The lowest BCUT2D eigenvalue weighted by Crippen LogP contribution is -2.15. The molecule has 6 nitrogen and oxygen atoms in total. The fourth-order valence-electron chi connectivity index (χ4n) is 1.77. The number of hydrogen-bond donors (Lipinski definition) is 2. The third-order valence-electron chi connectivity index (χ3n) is 2.74. The molecular weight excluding hydrogens is 302 g/mol. The summed E-state index contributed by atoms with van der Waals surface area (Å²) in [7, 11) is 0. The van der Waals surface area contributed by atoms with Crippen molar-refractivity contribution < 1.29 is 9.59 Å². The maximum absolute atomic E-state index is 11.9. The van der Waals surface area contributed by atoms with Crippen molar-refractivity contribution in [2.45, 2.75) is 19.0 Å². The summed E-state index contributed by atoms with van der Waals surface area (Å²) in [6.45, 7) is 3.18. The lowest BCUT2D eigenvalue weighted by molar-refractivity contribution is -0.113. The number of nitrogens with one attached hydrogen (secondary N) is 2. The predicted molar refractivity (Wildman–Crippen MR) is 85.4 cm³/mol. The zero-order valence-electron chi connectivity index (χ0n) is 12.2. The summed E-state index contributed by atoms with van der Waals surface area (Å²) in [6.07, 6.45) is 0. The molecule has 2 N–H and O–H groups in total. The molecule has 22 heavy (non-hydrogen) atoms. The number of carbonyl (C=O) groups excluding carboxylic acids is 2. The molecule has 0 unspecified atom stereocenters. The number of benzene rings is 1. The van der Waals surface area contributed by atoms with Crippen molar-refractivity contribution in [3.05, 3.63) is 51.9 Å². The number of rotatable bonds is 5. The molecule has 0 bridgehead atoms. The van der Waals surface area contributed by atoms with E-state index in [2.05, 4.69) is 15.3 Å². The molecule has 1 amide bonds. The van der Waals surface area contributed by atoms with E-state index in [9.17, 15) is 14.4 Å². The van der Waals surface area contributed by atoms with E-state index in [1.165, 1.54) is 13.0 Å². The Morgan fingerprint density at radius 3 is 2.77 bits per heavy atom. The van der Waals surface area contributed by atoms with Crippen molar-refractivity contribution >= 4 is 29.1 Å². The Kier molecular flexibility index (Phi) is 5.11. The summed E-state index contributed by atoms with van der Waals surface area (Å²) in [4.78, 5) is 41.2. The van der Waals surface area contributed by atoms with Crippen molar-refractivity contribution in [3.8, 4) is 0 Å². The smallest absolute Gasteiger partial charge is 0.251 e. The van der Waals surface area contributed by atoms with Crippen LogP contribution in [0.5, 0.6) is 0 Å². The van der Waals surface area contributed by atoms with E-state index in [1.54, 1.807) is 31.2 Å². The van der Waals surface area contributed by atoms with E-state index in [-0.39, 0.29) is 23.0 Å². The molecule has 0 spiro atoms. The number of carbonyl (C=O) groups is 2. The van der Waals surface area contributed by atoms with Crippen LogP contribution in [0.1, 0.15) is 23.0 Å². The van der Waals surface area contributed by atoms with Crippen LogP contribution >= 0.6 is 11.8 Å². The fourth-order valence-corrected chi connectivity index (χ4v) is 2.49. The standard InChI is InChI=1S/C15H15N3O3S/c1-9-6-13(20)18-15(16-9)22-8-14(21)17-12-5-3-4-11(7-12)10(2)19/h3-7H,8H2,1-2H3,(H,17,21)(H,16,18,20). The maximum atomic E-state index is 11.9. The molecule has 0 aliphatic carbocycles. The van der Waals surface area contributed by atoms with Gasteiger partial charge in [0.25, 0.3) is 5.56 Å². The molecule has 7 heteroatoms. The van der Waals surface area contributed by atoms with Crippen LogP contribution in [-0.4, -0.2) is 27.4 Å². The highest BCUT2D eigenvalue weighted by Gasteiger charge is 2.07. The number of ketones is 1. The normalized spacial score (nSPS) is 10.3. The number of Topliss-reactive ketones (excluding diaryl/α,β-unsaturated/α-hetero) is 1. The molecule has 114 valence electrons. The second-order valence-electron chi connectivity index (χ2n) is 4.67. The second-order valence-corrected chi connectivity index (χ2v) is 5.63. The molecule has 1 heterocycles. The van der Waals surface area contributed by atoms with Gasteiger partial charge in [0.1, 0.15) is 0 Å². The average Bonchev–Trinajstić information content (AvgIpc) is 2.44. The Labute approximate surface area is 131 Å². The monoisotopic (exact) mass is 317 g/mol. The van der Waals surface area contributed by atoms with Crippen molar-refractivity contribution in [2.75, 3.05) is 11.1 Å². The molecular formula is C15H15N3O3S. The first-order valence-electron chi connectivity index (χ1n) is 6.55. The predicted octanol–water partition coefficient (Wildman–Crippen LogP) is 2.01. The Balaban J connectivity index is 1.97. The third-order valence-corrected chi connectivity index (χ3v) is 3.61. The number of aryl methyl sites for hydroxylation is 1. The van der Waals surface area contributed by atoms with Gasteiger partial charge in [-0.2, -0.15) is 0 Å². The summed E-state index contributed by atoms with van der Waals surface area (Å²) in [5.41, 5.74) is 1.45. The highest BCUT2D eigenvalue weighted by molar-refractivity contribution is 7.99. The minimum atomic E-state index is -0.246. The first-order chi connectivity index (χ1) is 10.4. The van der Waals surface area contributed by atoms with Gasteiger partial charge in [0.15, 0.2) is 10.9 Å². The van der Waals surface area contributed by atoms with Crippen molar-refractivity contribution in [3.63, 3.8) is 0 Å². The van der Waals surface area contributed by atoms with Gasteiger partial charge in [0, 0.05) is 23.0 Å². The number of H-pyrrole nitrogens is 1. The minimum Gasteiger partial charge on any atom is -0.325 e. The number of amides is 1. The molecule has 2 aromatic rings. The summed E-state index contributed by atoms with van der Waals surface area (Å²) in [6, 6.07) is 8.12. The molecule has 0 aliphatic rings. The number of thioether (sulfide) groups is 1. The van der Waals surface area contributed by atoms with Crippen LogP contribution in [0, 0.1) is 6.92 Å². The highest BCUT2D eigenvalue weighted by atomic mass is 32.2. The zero-order valence-corrected chi connectivity index (χ0v) is 13.0. The molecule has 1 aromatic carbocycles. The molecule has 0 saturated carbocycles. The molecule has 0 aliphatic heterocycles. The number of nitrogens with zero attached hydrogens (tertiary/aromatic N) is 1. The molecule has 1 aromatic heterocycles. The molecule has 0 atom stereocenters. The van der Waals surface area contributed by atoms with Crippen molar-refractivity contribution in [2.24, 2.45) is 0 Å². The van der Waals surface area contributed by atoms with Gasteiger partial charge in [-0.1, -0.05) is 23.9 Å². The number of hydrogen-bond acceptors (Lipinski definition) is 5. The maximum Gasteiger partial charge on any atom is 0.251 e. The third kappa shape index (κ3) is 4.56. The number of aromatic amines is 1. The van der Waals surface area contributed by atoms with Crippen LogP contribution in [0.3, 0.4) is 0 Å². The van der Waals surface area contributed by atoms with E-state index in [0.717, 1.165) is 11.8 Å². The average molecular weight is 317 g/mol. The van der Waals surface area contributed by atoms with E-state index in [1.807, 2.05) is 0 Å². The van der Waals surface area contributed by atoms with Crippen LogP contribution in [0.25, 0.3) is 0 Å². The summed E-state index contributed by atoms with van der Waals surface area (Å²) >= 11 is 1.14. The highest BCUT2D eigenvalue weighted by Crippen LogP contribution is 2.14. The first-order valence-corrected chi connectivity index (χ1v) is 7.54.